The van der Waals surface area contributed by atoms with Gasteiger partial charge < -0.3 is 9.30 Å². The quantitative estimate of drug-likeness (QED) is 0.648. The van der Waals surface area contributed by atoms with E-state index in [2.05, 4.69) is 54.1 Å². The van der Waals surface area contributed by atoms with E-state index in [1.54, 1.807) is 7.11 Å². The third-order valence-electron chi connectivity index (χ3n) is 4.43. The molecular weight excluding hydrogens is 246 g/mol. The highest BCUT2D eigenvalue weighted by atomic mass is 16.5. The minimum atomic E-state index is 0.985. The van der Waals surface area contributed by atoms with E-state index >= 15 is 0 Å². The number of ether oxygens (including phenoxy) is 1. The number of benzene rings is 2. The minimum absolute atomic E-state index is 0.985. The van der Waals surface area contributed by atoms with Crippen LogP contribution in [0.5, 0.6) is 5.75 Å². The molecule has 0 spiro atoms. The first-order chi connectivity index (χ1) is 9.81. The number of fused-ring (bicyclic) bond motifs is 5. The predicted molar refractivity (Wildman–Crippen MR) is 82.3 cm³/mol. The molecule has 2 heteroatoms. The summed E-state index contributed by atoms with van der Waals surface area (Å²) in [7, 11) is 3.91. The molecule has 4 rings (SSSR count). The van der Waals surface area contributed by atoms with Crippen LogP contribution in [0.15, 0.2) is 42.5 Å². The maximum atomic E-state index is 5.58. The van der Waals surface area contributed by atoms with Crippen molar-refractivity contribution in [1.29, 1.82) is 0 Å². The first kappa shape index (κ1) is 11.6. The summed E-state index contributed by atoms with van der Waals surface area (Å²) in [5, 5.41) is 1.28. The van der Waals surface area contributed by atoms with Gasteiger partial charge in [-0.25, -0.2) is 0 Å². The number of nitrogens with zero attached hydrogens (tertiary/aromatic N) is 1. The van der Waals surface area contributed by atoms with Gasteiger partial charge in [0, 0.05) is 18.0 Å². The molecule has 100 valence electrons. The summed E-state index contributed by atoms with van der Waals surface area (Å²) in [6, 6.07) is 15.0. The van der Waals surface area contributed by atoms with Crippen LogP contribution in [-0.2, 0) is 19.9 Å². The van der Waals surface area contributed by atoms with Crippen molar-refractivity contribution in [3.05, 3.63) is 53.6 Å². The van der Waals surface area contributed by atoms with Gasteiger partial charge in [-0.1, -0.05) is 30.3 Å². The summed E-state index contributed by atoms with van der Waals surface area (Å²) < 4.78 is 7.89. The fraction of sp³-hybridized carbons (Fsp3) is 0.222. The minimum Gasteiger partial charge on any atom is -0.496 e. The molecule has 0 saturated heterocycles. The molecule has 0 aliphatic heterocycles. The third kappa shape index (κ3) is 1.39. The lowest BCUT2D eigenvalue weighted by Crippen LogP contribution is -2.05. The van der Waals surface area contributed by atoms with E-state index in [9.17, 15) is 0 Å². The van der Waals surface area contributed by atoms with Crippen LogP contribution in [0, 0.1) is 0 Å². The third-order valence-corrected chi connectivity index (χ3v) is 4.43. The normalized spacial score (nSPS) is 13.1. The molecule has 2 aromatic carbocycles. The largest absolute Gasteiger partial charge is 0.496 e. The smallest absolute Gasteiger partial charge is 0.128 e. The first-order valence-electron chi connectivity index (χ1n) is 7.04. The molecule has 1 heterocycles. The van der Waals surface area contributed by atoms with Gasteiger partial charge in [-0.2, -0.15) is 0 Å². The van der Waals surface area contributed by atoms with E-state index in [4.69, 9.17) is 4.74 Å². The maximum Gasteiger partial charge on any atom is 0.128 e. The molecule has 1 aliphatic carbocycles. The Balaban J connectivity index is 2.15. The van der Waals surface area contributed by atoms with Crippen LogP contribution >= 0.6 is 0 Å². The zero-order chi connectivity index (χ0) is 13.7. The second-order valence-electron chi connectivity index (χ2n) is 5.40. The molecular formula is C18H17NO. The second kappa shape index (κ2) is 4.14. The molecule has 0 bridgehead atoms. The summed E-state index contributed by atoms with van der Waals surface area (Å²) in [5.74, 6) is 0.985. The highest BCUT2D eigenvalue weighted by Gasteiger charge is 2.24. The first-order valence-corrected chi connectivity index (χ1v) is 7.04. The summed E-state index contributed by atoms with van der Waals surface area (Å²) in [6.45, 7) is 0. The van der Waals surface area contributed by atoms with Crippen LogP contribution in [0.3, 0.4) is 0 Å². The Morgan fingerprint density at radius 1 is 1.00 bits per heavy atom. The Kier molecular flexibility index (Phi) is 2.40. The summed E-state index contributed by atoms with van der Waals surface area (Å²) >= 11 is 0. The van der Waals surface area contributed by atoms with Crippen LogP contribution in [0.1, 0.15) is 11.1 Å². The van der Waals surface area contributed by atoms with Gasteiger partial charge in [-0.3, -0.25) is 0 Å². The average molecular weight is 263 g/mol. The zero-order valence-electron chi connectivity index (χ0n) is 11.8. The Labute approximate surface area is 118 Å². The highest BCUT2D eigenvalue weighted by Crippen LogP contribution is 2.42. The fourth-order valence-corrected chi connectivity index (χ4v) is 3.53. The maximum absolute atomic E-state index is 5.58. The second-order valence-corrected chi connectivity index (χ2v) is 5.40. The Morgan fingerprint density at radius 2 is 1.85 bits per heavy atom. The van der Waals surface area contributed by atoms with E-state index in [1.165, 1.54) is 33.3 Å². The van der Waals surface area contributed by atoms with Crippen LogP contribution < -0.4 is 4.74 Å². The number of aryl methyl sites for hydroxylation is 3. The molecule has 1 aliphatic rings. The van der Waals surface area contributed by atoms with Gasteiger partial charge in [0.2, 0.25) is 0 Å². The van der Waals surface area contributed by atoms with E-state index in [0.717, 1.165) is 18.6 Å². The molecule has 3 aromatic rings. The van der Waals surface area contributed by atoms with E-state index < -0.39 is 0 Å². The van der Waals surface area contributed by atoms with Crippen molar-refractivity contribution >= 4 is 10.9 Å². The van der Waals surface area contributed by atoms with Gasteiger partial charge in [0.25, 0.3) is 0 Å². The zero-order valence-corrected chi connectivity index (χ0v) is 11.8. The number of methoxy groups -OCH3 is 1. The Morgan fingerprint density at radius 3 is 2.70 bits per heavy atom. The van der Waals surface area contributed by atoms with E-state index in [-0.39, 0.29) is 0 Å². The number of aromatic nitrogens is 1. The number of rotatable bonds is 1. The standard InChI is InChI=1S/C18H17NO/c1-19-15-8-5-9-16(20-2)17(15)14-11-10-12-6-3-4-7-13(12)18(14)19/h3-9H,10-11H2,1-2H3. The van der Waals surface area contributed by atoms with Crippen molar-refractivity contribution in [2.45, 2.75) is 12.8 Å². The van der Waals surface area contributed by atoms with Crippen molar-refractivity contribution in [3.63, 3.8) is 0 Å². The van der Waals surface area contributed by atoms with Crippen LogP contribution in [0.25, 0.3) is 22.2 Å². The average Bonchev–Trinajstić information content (AvgIpc) is 2.81. The molecule has 0 N–H and O–H groups in total. The summed E-state index contributed by atoms with van der Waals surface area (Å²) in [5.41, 5.74) is 6.86. The molecule has 20 heavy (non-hydrogen) atoms. The van der Waals surface area contributed by atoms with Crippen molar-refractivity contribution in [2.24, 2.45) is 7.05 Å². The predicted octanol–water partition coefficient (Wildman–Crippen LogP) is 3.95. The lowest BCUT2D eigenvalue weighted by Gasteiger charge is -2.18. The van der Waals surface area contributed by atoms with Gasteiger partial charge >= 0.3 is 0 Å². The van der Waals surface area contributed by atoms with Crippen LogP contribution in [-0.4, -0.2) is 11.7 Å². The molecule has 0 atom stereocenters. The summed E-state index contributed by atoms with van der Waals surface area (Å²) in [6.07, 6.45) is 2.20. The molecule has 0 fully saturated rings. The molecule has 1 aromatic heterocycles. The lowest BCUT2D eigenvalue weighted by molar-refractivity contribution is 0.419. The number of hydrogen-bond donors (Lipinski definition) is 0. The van der Waals surface area contributed by atoms with Gasteiger partial charge in [0.05, 0.1) is 18.3 Å². The fourth-order valence-electron chi connectivity index (χ4n) is 3.53. The van der Waals surface area contributed by atoms with Gasteiger partial charge in [0.1, 0.15) is 5.75 Å². The van der Waals surface area contributed by atoms with E-state index in [0.29, 0.717) is 0 Å². The molecule has 0 saturated carbocycles. The molecule has 0 amide bonds. The monoisotopic (exact) mass is 263 g/mol. The SMILES string of the molecule is COc1cccc2c1c1c(n2C)-c2ccccc2CC1. The Hall–Kier alpha value is -2.22. The number of hydrogen-bond acceptors (Lipinski definition) is 1. The summed E-state index contributed by atoms with van der Waals surface area (Å²) in [4.78, 5) is 0. The van der Waals surface area contributed by atoms with Crippen LogP contribution in [0.2, 0.25) is 0 Å². The lowest BCUT2D eigenvalue weighted by atomic mass is 9.89. The Bertz CT molecular complexity index is 814. The van der Waals surface area contributed by atoms with Gasteiger partial charge in [-0.05, 0) is 36.1 Å². The van der Waals surface area contributed by atoms with Gasteiger partial charge in [0.15, 0.2) is 0 Å². The van der Waals surface area contributed by atoms with Crippen molar-refractivity contribution < 1.29 is 4.74 Å². The van der Waals surface area contributed by atoms with Crippen molar-refractivity contribution in [1.82, 2.24) is 4.57 Å². The molecule has 0 unspecified atom stereocenters. The molecule has 2 nitrogen and oxygen atoms in total. The van der Waals surface area contributed by atoms with Gasteiger partial charge in [-0.15, -0.1) is 0 Å². The topological polar surface area (TPSA) is 14.2 Å². The van der Waals surface area contributed by atoms with E-state index in [1.807, 2.05) is 0 Å². The molecule has 0 radical (unpaired) electrons. The highest BCUT2D eigenvalue weighted by molar-refractivity contribution is 5.97. The van der Waals surface area contributed by atoms with Crippen molar-refractivity contribution in [3.8, 4) is 17.0 Å². The van der Waals surface area contributed by atoms with Crippen molar-refractivity contribution in [2.75, 3.05) is 7.11 Å². The van der Waals surface area contributed by atoms with Crippen LogP contribution in [0.4, 0.5) is 0 Å².